The normalized spacial score (nSPS) is 13.9. The Bertz CT molecular complexity index is 1980. The number of hydrogen-bond acceptors (Lipinski definition) is 15. The molecule has 0 aromatic heterocycles. The molecule has 0 heterocycles. The van der Waals surface area contributed by atoms with Gasteiger partial charge in [0.2, 0.25) is 0 Å². The van der Waals surface area contributed by atoms with Crippen LogP contribution in [0.25, 0.3) is 0 Å². The number of unbranched alkanes of at least 4 members (excludes halogenated alkanes) is 53. The molecule has 0 spiro atoms. The quantitative estimate of drug-likeness (QED) is 0.0222. The first-order chi connectivity index (χ1) is 49.9. The molecule has 0 radical (unpaired) electrons. The molecule has 612 valence electrons. The lowest BCUT2D eigenvalue weighted by Crippen LogP contribution is -2.30. The molecule has 0 amide bonds. The van der Waals surface area contributed by atoms with E-state index in [1.165, 1.54) is 257 Å². The minimum atomic E-state index is -4.96. The predicted molar refractivity (Wildman–Crippen MR) is 423 cm³/mol. The van der Waals surface area contributed by atoms with E-state index in [0.717, 1.165) is 108 Å². The molecule has 17 nitrogen and oxygen atoms in total. The van der Waals surface area contributed by atoms with Crippen molar-refractivity contribution in [1.82, 2.24) is 0 Å². The van der Waals surface area contributed by atoms with Crippen molar-refractivity contribution in [3.63, 3.8) is 0 Å². The number of phosphoric acid groups is 2. The van der Waals surface area contributed by atoms with Crippen LogP contribution in [0.15, 0.2) is 0 Å². The average Bonchev–Trinajstić information content (AvgIpc) is 0.906. The molecule has 0 saturated heterocycles. The number of carbonyl (C=O) groups excluding carboxylic acids is 4. The summed E-state index contributed by atoms with van der Waals surface area (Å²) in [5, 5.41) is 10.6. The Kier molecular flexibility index (Phi) is 74.1. The summed E-state index contributed by atoms with van der Waals surface area (Å²) < 4.78 is 68.7. The van der Waals surface area contributed by atoms with E-state index in [1.807, 2.05) is 0 Å². The van der Waals surface area contributed by atoms with Gasteiger partial charge in [0.15, 0.2) is 12.2 Å². The molecule has 103 heavy (non-hydrogen) atoms. The summed E-state index contributed by atoms with van der Waals surface area (Å²) >= 11 is 0. The second-order valence-electron chi connectivity index (χ2n) is 31.2. The van der Waals surface area contributed by atoms with Gasteiger partial charge in [-0.25, -0.2) is 9.13 Å². The Balaban J connectivity index is 5.19. The number of esters is 4. The fraction of sp³-hybridized carbons (Fsp3) is 0.952. The van der Waals surface area contributed by atoms with Crippen LogP contribution in [-0.4, -0.2) is 96.7 Å². The van der Waals surface area contributed by atoms with Crippen molar-refractivity contribution in [2.75, 3.05) is 39.6 Å². The van der Waals surface area contributed by atoms with Gasteiger partial charge in [0.1, 0.15) is 19.3 Å². The summed E-state index contributed by atoms with van der Waals surface area (Å²) in [6.07, 6.45) is 66.8. The second-order valence-corrected chi connectivity index (χ2v) is 34.1. The van der Waals surface area contributed by atoms with Crippen molar-refractivity contribution in [2.45, 2.75) is 464 Å². The van der Waals surface area contributed by atoms with Gasteiger partial charge in [-0.1, -0.05) is 395 Å². The van der Waals surface area contributed by atoms with E-state index >= 15 is 0 Å². The Hall–Kier alpha value is -1.94. The third kappa shape index (κ3) is 78.0. The van der Waals surface area contributed by atoms with Crippen LogP contribution in [0.2, 0.25) is 0 Å². The molecule has 0 aromatic rings. The molecule has 5 atom stereocenters. The second kappa shape index (κ2) is 75.5. The molecule has 0 aliphatic heterocycles. The summed E-state index contributed by atoms with van der Waals surface area (Å²) in [6, 6.07) is 0. The molecule has 19 heteroatoms. The van der Waals surface area contributed by atoms with E-state index < -0.39 is 97.5 Å². The van der Waals surface area contributed by atoms with Gasteiger partial charge >= 0.3 is 39.5 Å². The Morgan fingerprint density at radius 2 is 0.447 bits per heavy atom. The number of hydrogen-bond donors (Lipinski definition) is 3. The maximum atomic E-state index is 13.1. The molecular formula is C84H164O17P2. The summed E-state index contributed by atoms with van der Waals surface area (Å²) in [5.74, 6) is -0.510. The molecule has 0 aliphatic carbocycles. The number of carbonyl (C=O) groups is 4. The van der Waals surface area contributed by atoms with Crippen molar-refractivity contribution in [3.8, 4) is 0 Å². The Morgan fingerprint density at radius 1 is 0.262 bits per heavy atom. The zero-order valence-corrected chi connectivity index (χ0v) is 69.4. The maximum absolute atomic E-state index is 13.1. The van der Waals surface area contributed by atoms with Crippen molar-refractivity contribution < 1.29 is 80.2 Å². The highest BCUT2D eigenvalue weighted by Crippen LogP contribution is 2.45. The van der Waals surface area contributed by atoms with Crippen LogP contribution in [0.3, 0.4) is 0 Å². The molecule has 3 N–H and O–H groups in total. The van der Waals surface area contributed by atoms with Crippen molar-refractivity contribution in [2.24, 2.45) is 11.8 Å². The van der Waals surface area contributed by atoms with Crippen LogP contribution in [0.1, 0.15) is 446 Å². The van der Waals surface area contributed by atoms with Crippen molar-refractivity contribution >= 4 is 39.5 Å². The Morgan fingerprint density at radius 3 is 0.660 bits per heavy atom. The first kappa shape index (κ1) is 101. The van der Waals surface area contributed by atoms with E-state index in [4.69, 9.17) is 37.0 Å². The number of phosphoric ester groups is 2. The third-order valence-corrected chi connectivity index (χ3v) is 21.6. The fourth-order valence-electron chi connectivity index (χ4n) is 13.1. The van der Waals surface area contributed by atoms with Gasteiger partial charge in [0, 0.05) is 25.7 Å². The average molecular weight is 1510 g/mol. The van der Waals surface area contributed by atoms with Crippen molar-refractivity contribution in [1.29, 1.82) is 0 Å². The summed E-state index contributed by atoms with van der Waals surface area (Å²) in [7, 11) is -9.92. The van der Waals surface area contributed by atoms with Gasteiger partial charge in [-0.15, -0.1) is 0 Å². The van der Waals surface area contributed by atoms with Crippen LogP contribution in [-0.2, 0) is 65.4 Å². The topological polar surface area (TPSA) is 237 Å². The predicted octanol–water partition coefficient (Wildman–Crippen LogP) is 25.5. The first-order valence-electron chi connectivity index (χ1n) is 43.5. The van der Waals surface area contributed by atoms with E-state index in [2.05, 4.69) is 41.5 Å². The third-order valence-electron chi connectivity index (χ3n) is 19.7. The van der Waals surface area contributed by atoms with E-state index in [0.29, 0.717) is 25.7 Å². The molecule has 0 saturated carbocycles. The molecule has 0 bridgehead atoms. The number of rotatable bonds is 83. The van der Waals surface area contributed by atoms with Gasteiger partial charge < -0.3 is 33.8 Å². The largest absolute Gasteiger partial charge is 0.472 e. The van der Waals surface area contributed by atoms with Crippen LogP contribution in [0.4, 0.5) is 0 Å². The van der Waals surface area contributed by atoms with Gasteiger partial charge in [-0.05, 0) is 37.5 Å². The van der Waals surface area contributed by atoms with Gasteiger partial charge in [-0.3, -0.25) is 37.3 Å². The fourth-order valence-corrected chi connectivity index (χ4v) is 14.6. The highest BCUT2D eigenvalue weighted by molar-refractivity contribution is 7.47. The van der Waals surface area contributed by atoms with Crippen molar-refractivity contribution in [3.05, 3.63) is 0 Å². The highest BCUT2D eigenvalue weighted by atomic mass is 31.2. The molecule has 0 aromatic carbocycles. The minimum Gasteiger partial charge on any atom is -0.462 e. The molecular weight excluding hydrogens is 1340 g/mol. The van der Waals surface area contributed by atoms with Gasteiger partial charge in [-0.2, -0.15) is 0 Å². The van der Waals surface area contributed by atoms with Crippen LogP contribution in [0, 0.1) is 11.8 Å². The maximum Gasteiger partial charge on any atom is 0.472 e. The van der Waals surface area contributed by atoms with E-state index in [9.17, 15) is 43.2 Å². The highest BCUT2D eigenvalue weighted by Gasteiger charge is 2.30. The number of ether oxygens (including phenoxy) is 4. The lowest BCUT2D eigenvalue weighted by Gasteiger charge is -2.21. The lowest BCUT2D eigenvalue weighted by atomic mass is 10.0. The van der Waals surface area contributed by atoms with Crippen LogP contribution in [0.5, 0.6) is 0 Å². The molecule has 2 unspecified atom stereocenters. The van der Waals surface area contributed by atoms with Gasteiger partial charge in [0.25, 0.3) is 0 Å². The number of aliphatic hydroxyl groups is 1. The van der Waals surface area contributed by atoms with Crippen LogP contribution < -0.4 is 0 Å². The Labute approximate surface area is 632 Å². The smallest absolute Gasteiger partial charge is 0.462 e. The molecule has 0 fully saturated rings. The SMILES string of the molecule is CCCCCCCCCCCCCCCCCCCCCC(=O)OC[C@H](COP(=O)(O)OC[C@@H](O)COP(=O)(O)OC[C@@H](COC(=O)CCCCCCCCCC)OC(=O)CCCCCCCCCCCCCCC(C)C)OC(=O)CCCCCCCCCCCCCCCCCCCCC(C)C. The summed E-state index contributed by atoms with van der Waals surface area (Å²) in [4.78, 5) is 73.0. The lowest BCUT2D eigenvalue weighted by molar-refractivity contribution is -0.161. The van der Waals surface area contributed by atoms with E-state index in [-0.39, 0.29) is 25.7 Å². The monoisotopic (exact) mass is 1510 g/mol. The first-order valence-corrected chi connectivity index (χ1v) is 46.5. The summed E-state index contributed by atoms with van der Waals surface area (Å²) in [6.45, 7) is 9.67. The van der Waals surface area contributed by atoms with E-state index in [1.54, 1.807) is 0 Å². The zero-order valence-electron chi connectivity index (χ0n) is 67.6. The standard InChI is InChI=1S/C84H164O17P2/c1-7-9-11-13-15-17-18-19-20-21-22-26-29-32-38-43-49-55-61-67-82(87)95-73-80(101-83(88)68-62-56-50-44-39-33-30-27-24-23-25-28-31-36-41-46-52-58-64-76(3)4)75-99-103(92,93)97-71-78(85)70-96-102(90,91)98-74-79(72-94-81(86)66-60-54-48-16-14-12-10-8-2)100-84(89)69-63-57-51-45-40-35-34-37-42-47-53-59-65-77(5)6/h76-80,85H,7-75H2,1-6H3,(H,90,91)(H,92,93)/t78-,79+,80+/m0/s1. The zero-order chi connectivity index (χ0) is 75.6. The van der Waals surface area contributed by atoms with Crippen LogP contribution >= 0.6 is 15.6 Å². The molecule has 0 rings (SSSR count). The van der Waals surface area contributed by atoms with Gasteiger partial charge in [0.05, 0.1) is 26.4 Å². The summed E-state index contributed by atoms with van der Waals surface area (Å²) in [5.41, 5.74) is 0. The minimum absolute atomic E-state index is 0.107. The number of aliphatic hydroxyl groups excluding tert-OH is 1. The molecule has 0 aliphatic rings.